The lowest BCUT2D eigenvalue weighted by molar-refractivity contribution is 0.0751. The van der Waals surface area contributed by atoms with E-state index in [2.05, 4.69) is 26.1 Å². The average Bonchev–Trinajstić information content (AvgIpc) is 3.13. The summed E-state index contributed by atoms with van der Waals surface area (Å²) in [6, 6.07) is 3.19. The van der Waals surface area contributed by atoms with Crippen LogP contribution in [0.2, 0.25) is 0 Å². The number of hydrogen-bond acceptors (Lipinski definition) is 3. The van der Waals surface area contributed by atoms with E-state index in [1.807, 2.05) is 11.1 Å². The predicted molar refractivity (Wildman–Crippen MR) is 83.5 cm³/mol. The molecule has 1 N–H and O–H groups in total. The van der Waals surface area contributed by atoms with Crippen LogP contribution in [0.15, 0.2) is 12.3 Å². The molecule has 3 heterocycles. The van der Waals surface area contributed by atoms with Crippen molar-refractivity contribution in [3.05, 3.63) is 18.0 Å². The van der Waals surface area contributed by atoms with E-state index in [9.17, 15) is 4.79 Å². The standard InChI is InChI=1S/C16H25N5O/c22-16(19-8-1-2-9-19)17-10-15-12-20(13-4-3-5-13)11-14-6-7-18-21(14)15/h6-7,13,15H,1-5,8-12H2,(H,17,22). The van der Waals surface area contributed by atoms with Crippen molar-refractivity contribution >= 4 is 6.03 Å². The lowest BCUT2D eigenvalue weighted by atomic mass is 9.90. The predicted octanol–water partition coefficient (Wildman–Crippen LogP) is 1.60. The van der Waals surface area contributed by atoms with Gasteiger partial charge in [0.2, 0.25) is 0 Å². The fraction of sp³-hybridized carbons (Fsp3) is 0.750. The Kier molecular flexibility index (Phi) is 3.78. The van der Waals surface area contributed by atoms with Crippen molar-refractivity contribution in [3.8, 4) is 0 Å². The molecule has 1 aromatic rings. The fourth-order valence-corrected chi connectivity index (χ4v) is 3.83. The monoisotopic (exact) mass is 303 g/mol. The van der Waals surface area contributed by atoms with Gasteiger partial charge in [-0.1, -0.05) is 6.42 Å². The zero-order valence-electron chi connectivity index (χ0n) is 13.1. The zero-order chi connectivity index (χ0) is 14.9. The van der Waals surface area contributed by atoms with Crippen LogP contribution >= 0.6 is 0 Å². The van der Waals surface area contributed by atoms with E-state index in [1.54, 1.807) is 0 Å². The molecule has 1 unspecified atom stereocenters. The number of amides is 2. The topological polar surface area (TPSA) is 53.4 Å². The fourth-order valence-electron chi connectivity index (χ4n) is 3.83. The van der Waals surface area contributed by atoms with E-state index in [0.717, 1.165) is 45.1 Å². The lowest BCUT2D eigenvalue weighted by Gasteiger charge is -2.42. The molecule has 0 radical (unpaired) electrons. The van der Waals surface area contributed by atoms with Crippen molar-refractivity contribution in [2.24, 2.45) is 0 Å². The Morgan fingerprint density at radius 2 is 2.09 bits per heavy atom. The third-order valence-electron chi connectivity index (χ3n) is 5.38. The van der Waals surface area contributed by atoms with E-state index in [1.165, 1.54) is 25.0 Å². The van der Waals surface area contributed by atoms with E-state index >= 15 is 0 Å². The summed E-state index contributed by atoms with van der Waals surface area (Å²) in [4.78, 5) is 16.7. The first-order valence-electron chi connectivity index (χ1n) is 8.60. The Hall–Kier alpha value is -1.56. The molecule has 1 aromatic heterocycles. The minimum absolute atomic E-state index is 0.0898. The number of hydrogen-bond donors (Lipinski definition) is 1. The average molecular weight is 303 g/mol. The van der Waals surface area contributed by atoms with E-state index in [-0.39, 0.29) is 12.1 Å². The van der Waals surface area contributed by atoms with E-state index < -0.39 is 0 Å². The van der Waals surface area contributed by atoms with Crippen molar-refractivity contribution in [3.63, 3.8) is 0 Å². The van der Waals surface area contributed by atoms with E-state index in [4.69, 9.17) is 0 Å². The van der Waals surface area contributed by atoms with Gasteiger partial charge in [-0.3, -0.25) is 9.58 Å². The number of fused-ring (bicyclic) bond motifs is 1. The van der Waals surface area contributed by atoms with Gasteiger partial charge in [-0.25, -0.2) is 4.79 Å². The minimum atomic E-state index is 0.0898. The van der Waals surface area contributed by atoms with Gasteiger partial charge >= 0.3 is 6.03 Å². The molecule has 120 valence electrons. The summed E-state index contributed by atoms with van der Waals surface area (Å²) in [7, 11) is 0. The maximum absolute atomic E-state index is 12.2. The van der Waals surface area contributed by atoms with Gasteiger partial charge in [-0.05, 0) is 31.7 Å². The van der Waals surface area contributed by atoms with Gasteiger partial charge in [0, 0.05) is 45.0 Å². The molecule has 22 heavy (non-hydrogen) atoms. The van der Waals surface area contributed by atoms with Crippen molar-refractivity contribution in [1.82, 2.24) is 24.9 Å². The molecular weight excluding hydrogens is 278 g/mol. The first-order chi connectivity index (χ1) is 10.8. The van der Waals surface area contributed by atoms with Crippen LogP contribution in [0.1, 0.15) is 43.8 Å². The Labute approximate surface area is 131 Å². The number of rotatable bonds is 3. The number of carbonyl (C=O) groups is 1. The zero-order valence-corrected chi connectivity index (χ0v) is 13.1. The summed E-state index contributed by atoms with van der Waals surface area (Å²) in [5.74, 6) is 0. The summed E-state index contributed by atoms with van der Waals surface area (Å²) in [5.41, 5.74) is 1.28. The van der Waals surface area contributed by atoms with Crippen molar-refractivity contribution in [1.29, 1.82) is 0 Å². The highest BCUT2D eigenvalue weighted by Crippen LogP contribution is 2.30. The quantitative estimate of drug-likeness (QED) is 0.923. The van der Waals surface area contributed by atoms with Crippen LogP contribution in [0.25, 0.3) is 0 Å². The highest BCUT2D eigenvalue weighted by molar-refractivity contribution is 5.74. The van der Waals surface area contributed by atoms with Gasteiger partial charge in [-0.2, -0.15) is 5.10 Å². The number of carbonyl (C=O) groups excluding carboxylic acids is 1. The summed E-state index contributed by atoms with van der Waals surface area (Å²) < 4.78 is 2.11. The molecule has 3 aliphatic rings. The molecular formula is C16H25N5O. The summed E-state index contributed by atoms with van der Waals surface area (Å²) in [6.45, 7) is 4.48. The number of nitrogens with zero attached hydrogens (tertiary/aromatic N) is 4. The highest BCUT2D eigenvalue weighted by atomic mass is 16.2. The van der Waals surface area contributed by atoms with Crippen molar-refractivity contribution in [2.45, 2.75) is 50.7 Å². The Morgan fingerprint density at radius 3 is 2.82 bits per heavy atom. The third-order valence-corrected chi connectivity index (χ3v) is 5.38. The Balaban J connectivity index is 1.40. The maximum atomic E-state index is 12.2. The number of urea groups is 1. The van der Waals surface area contributed by atoms with Crippen LogP contribution in [0.5, 0.6) is 0 Å². The van der Waals surface area contributed by atoms with Gasteiger partial charge in [0.1, 0.15) is 0 Å². The minimum Gasteiger partial charge on any atom is -0.336 e. The first-order valence-corrected chi connectivity index (χ1v) is 8.60. The van der Waals surface area contributed by atoms with Crippen LogP contribution in [0.4, 0.5) is 4.79 Å². The Bertz CT molecular complexity index is 532. The molecule has 1 saturated heterocycles. The van der Waals surface area contributed by atoms with Gasteiger partial charge in [0.05, 0.1) is 11.7 Å². The van der Waals surface area contributed by atoms with Crippen LogP contribution in [-0.2, 0) is 6.54 Å². The molecule has 2 fully saturated rings. The van der Waals surface area contributed by atoms with Gasteiger partial charge in [-0.15, -0.1) is 0 Å². The number of aromatic nitrogens is 2. The maximum Gasteiger partial charge on any atom is 0.317 e. The number of likely N-dealkylation sites (tertiary alicyclic amines) is 1. The van der Waals surface area contributed by atoms with E-state index in [0.29, 0.717) is 6.54 Å². The first kappa shape index (κ1) is 14.1. The second-order valence-electron chi connectivity index (χ2n) is 6.82. The van der Waals surface area contributed by atoms with Crippen LogP contribution in [0.3, 0.4) is 0 Å². The SMILES string of the molecule is O=C(NCC1CN(C2CCC2)Cc2ccnn21)N1CCCC1. The largest absolute Gasteiger partial charge is 0.336 e. The van der Waals surface area contributed by atoms with Crippen molar-refractivity contribution in [2.75, 3.05) is 26.2 Å². The second kappa shape index (κ2) is 5.91. The Morgan fingerprint density at radius 1 is 1.27 bits per heavy atom. The smallest absolute Gasteiger partial charge is 0.317 e. The van der Waals surface area contributed by atoms with Crippen LogP contribution in [-0.4, -0.2) is 57.8 Å². The normalized spacial score (nSPS) is 25.8. The molecule has 0 bridgehead atoms. The highest BCUT2D eigenvalue weighted by Gasteiger charge is 2.33. The molecule has 0 aromatic carbocycles. The summed E-state index contributed by atoms with van der Waals surface area (Å²) in [5, 5.41) is 7.60. The molecule has 0 spiro atoms. The van der Waals surface area contributed by atoms with Gasteiger partial charge in [0.25, 0.3) is 0 Å². The van der Waals surface area contributed by atoms with Gasteiger partial charge < -0.3 is 10.2 Å². The summed E-state index contributed by atoms with van der Waals surface area (Å²) >= 11 is 0. The molecule has 1 saturated carbocycles. The molecule has 1 aliphatic carbocycles. The van der Waals surface area contributed by atoms with Crippen molar-refractivity contribution < 1.29 is 4.79 Å². The molecule has 6 nitrogen and oxygen atoms in total. The molecule has 6 heteroatoms. The van der Waals surface area contributed by atoms with Crippen LogP contribution in [0, 0.1) is 0 Å². The molecule has 4 rings (SSSR count). The third kappa shape index (κ3) is 2.60. The van der Waals surface area contributed by atoms with Gasteiger partial charge in [0.15, 0.2) is 0 Å². The van der Waals surface area contributed by atoms with Crippen LogP contribution < -0.4 is 5.32 Å². The lowest BCUT2D eigenvalue weighted by Crippen LogP contribution is -2.50. The summed E-state index contributed by atoms with van der Waals surface area (Å²) in [6.07, 6.45) is 8.15. The molecule has 2 aliphatic heterocycles. The molecule has 2 amide bonds. The molecule has 1 atom stereocenters. The second-order valence-corrected chi connectivity index (χ2v) is 6.82. The number of nitrogens with one attached hydrogen (secondary N) is 1.